The summed E-state index contributed by atoms with van der Waals surface area (Å²) < 4.78 is 5.37. The second-order valence-corrected chi connectivity index (χ2v) is 4.54. The largest absolute Gasteiger partial charge is 0.475 e. The van der Waals surface area contributed by atoms with Crippen molar-refractivity contribution in [1.29, 1.82) is 0 Å². The second-order valence-electron chi connectivity index (χ2n) is 4.54. The van der Waals surface area contributed by atoms with Gasteiger partial charge in [-0.25, -0.2) is 9.78 Å². The molecule has 1 aromatic rings. The van der Waals surface area contributed by atoms with Crippen molar-refractivity contribution in [2.45, 2.75) is 31.1 Å². The molecule has 0 amide bonds. The summed E-state index contributed by atoms with van der Waals surface area (Å²) in [7, 11) is 0. The first-order chi connectivity index (χ1) is 7.75. The van der Waals surface area contributed by atoms with E-state index in [0.717, 1.165) is 32.4 Å². The van der Waals surface area contributed by atoms with Crippen LogP contribution in [0.3, 0.4) is 0 Å². The minimum Gasteiger partial charge on any atom is -0.475 e. The molecule has 16 heavy (non-hydrogen) atoms. The summed E-state index contributed by atoms with van der Waals surface area (Å²) in [4.78, 5) is 15.5. The molecule has 2 N–H and O–H groups in total. The molecule has 0 bridgehead atoms. The number of oxazole rings is 1. The molecule has 1 unspecified atom stereocenters. The van der Waals surface area contributed by atoms with E-state index in [2.05, 4.69) is 10.3 Å². The van der Waals surface area contributed by atoms with Gasteiger partial charge >= 0.3 is 5.97 Å². The highest BCUT2D eigenvalue weighted by Crippen LogP contribution is 2.41. The second kappa shape index (κ2) is 3.59. The monoisotopic (exact) mass is 222 g/mol. The van der Waals surface area contributed by atoms with Crippen molar-refractivity contribution in [3.05, 3.63) is 17.3 Å². The molecule has 86 valence electrons. The Morgan fingerprint density at radius 2 is 2.19 bits per heavy atom. The van der Waals surface area contributed by atoms with Crippen molar-refractivity contribution >= 4 is 5.97 Å². The van der Waals surface area contributed by atoms with E-state index in [9.17, 15) is 4.79 Å². The number of aromatic nitrogens is 1. The smallest absolute Gasteiger partial charge is 0.373 e. The van der Waals surface area contributed by atoms with E-state index < -0.39 is 5.97 Å². The van der Waals surface area contributed by atoms with E-state index in [1.54, 1.807) is 0 Å². The van der Waals surface area contributed by atoms with Gasteiger partial charge in [0.2, 0.25) is 5.76 Å². The molecule has 0 spiro atoms. The number of aromatic carboxylic acids is 1. The van der Waals surface area contributed by atoms with Gasteiger partial charge in [0.15, 0.2) is 5.89 Å². The summed E-state index contributed by atoms with van der Waals surface area (Å²) in [6.45, 7) is 1.73. The minimum absolute atomic E-state index is 0.0515. The third-order valence-corrected chi connectivity index (χ3v) is 3.24. The lowest BCUT2D eigenvalue weighted by atomic mass is 10.0. The van der Waals surface area contributed by atoms with Gasteiger partial charge in [-0.15, -0.1) is 0 Å². The van der Waals surface area contributed by atoms with Crippen molar-refractivity contribution in [2.75, 3.05) is 13.1 Å². The van der Waals surface area contributed by atoms with Gasteiger partial charge in [-0.3, -0.25) is 0 Å². The topological polar surface area (TPSA) is 75.4 Å². The first-order valence-corrected chi connectivity index (χ1v) is 5.70. The molecule has 5 heteroatoms. The molecule has 2 aliphatic rings. The van der Waals surface area contributed by atoms with E-state index in [0.29, 0.717) is 17.5 Å². The van der Waals surface area contributed by atoms with Gasteiger partial charge in [0.1, 0.15) is 0 Å². The molecule has 1 aliphatic heterocycles. The number of carbonyl (C=O) groups is 1. The van der Waals surface area contributed by atoms with Crippen LogP contribution in [0.1, 0.15) is 53.2 Å². The highest BCUT2D eigenvalue weighted by Gasteiger charge is 2.34. The summed E-state index contributed by atoms with van der Waals surface area (Å²) in [5.41, 5.74) is 0.638. The minimum atomic E-state index is -0.999. The van der Waals surface area contributed by atoms with E-state index in [1.807, 2.05) is 0 Å². The van der Waals surface area contributed by atoms with Crippen molar-refractivity contribution < 1.29 is 14.3 Å². The first-order valence-electron chi connectivity index (χ1n) is 5.70. The van der Waals surface area contributed by atoms with Gasteiger partial charge in [-0.2, -0.15) is 0 Å². The lowest BCUT2D eigenvalue weighted by Gasteiger charge is -2.03. The van der Waals surface area contributed by atoms with Crippen LogP contribution in [0.15, 0.2) is 4.42 Å². The fourth-order valence-electron chi connectivity index (χ4n) is 2.17. The average molecular weight is 222 g/mol. The maximum Gasteiger partial charge on any atom is 0.373 e. The molecule has 1 aliphatic carbocycles. The lowest BCUT2D eigenvalue weighted by molar-refractivity contribution is 0.0658. The molecule has 2 heterocycles. The van der Waals surface area contributed by atoms with Crippen LogP contribution in [-0.4, -0.2) is 29.1 Å². The molecule has 2 fully saturated rings. The Kier molecular flexibility index (Phi) is 2.21. The molecule has 1 saturated heterocycles. The van der Waals surface area contributed by atoms with Gasteiger partial charge in [0, 0.05) is 18.4 Å². The van der Waals surface area contributed by atoms with Gasteiger partial charge in [0.25, 0.3) is 0 Å². The highest BCUT2D eigenvalue weighted by atomic mass is 16.4. The van der Waals surface area contributed by atoms with E-state index >= 15 is 0 Å². The van der Waals surface area contributed by atoms with Gasteiger partial charge in [0.05, 0.1) is 5.69 Å². The predicted octanol–water partition coefficient (Wildman–Crippen LogP) is 1.33. The fraction of sp³-hybridized carbons (Fsp3) is 0.636. The maximum absolute atomic E-state index is 11.1. The molecule has 3 rings (SSSR count). The summed E-state index contributed by atoms with van der Waals surface area (Å²) in [6, 6.07) is 0. The summed E-state index contributed by atoms with van der Waals surface area (Å²) in [5.74, 6) is 0.236. The number of hydrogen-bond donors (Lipinski definition) is 2. The Hall–Kier alpha value is -1.36. The van der Waals surface area contributed by atoms with Crippen LogP contribution in [0.4, 0.5) is 0 Å². The molecule has 5 nitrogen and oxygen atoms in total. The number of hydrogen-bond acceptors (Lipinski definition) is 4. The Labute approximate surface area is 92.9 Å². The number of nitrogens with zero attached hydrogens (tertiary/aromatic N) is 1. The summed E-state index contributed by atoms with van der Waals surface area (Å²) in [5, 5.41) is 12.3. The summed E-state index contributed by atoms with van der Waals surface area (Å²) in [6.07, 6.45) is 3.08. The average Bonchev–Trinajstić information content (AvgIpc) is 2.83. The zero-order valence-corrected chi connectivity index (χ0v) is 8.90. The van der Waals surface area contributed by atoms with Crippen molar-refractivity contribution in [2.24, 2.45) is 0 Å². The van der Waals surface area contributed by atoms with Crippen LogP contribution < -0.4 is 5.32 Å². The molecular formula is C11H14N2O3. The van der Waals surface area contributed by atoms with Crippen LogP contribution >= 0.6 is 0 Å². The number of carboxylic acid groups (broad SMARTS) is 1. The summed E-state index contributed by atoms with van der Waals surface area (Å²) >= 11 is 0. The Balaban J connectivity index is 1.96. The van der Waals surface area contributed by atoms with Crippen LogP contribution in [0, 0.1) is 0 Å². The zero-order valence-electron chi connectivity index (χ0n) is 8.90. The van der Waals surface area contributed by atoms with Gasteiger partial charge in [-0.05, 0) is 25.8 Å². The van der Waals surface area contributed by atoms with Gasteiger partial charge in [-0.1, -0.05) is 0 Å². The van der Waals surface area contributed by atoms with Crippen molar-refractivity contribution in [1.82, 2.24) is 10.3 Å². The molecule has 0 radical (unpaired) electrons. The fourth-order valence-corrected chi connectivity index (χ4v) is 2.17. The van der Waals surface area contributed by atoms with E-state index in [1.165, 1.54) is 0 Å². The number of nitrogens with one attached hydrogen (secondary N) is 1. The number of rotatable bonds is 3. The van der Waals surface area contributed by atoms with E-state index in [4.69, 9.17) is 9.52 Å². The third-order valence-electron chi connectivity index (χ3n) is 3.24. The van der Waals surface area contributed by atoms with Crippen LogP contribution in [0.2, 0.25) is 0 Å². The predicted molar refractivity (Wildman–Crippen MR) is 55.7 cm³/mol. The maximum atomic E-state index is 11.1. The Morgan fingerprint density at radius 3 is 2.75 bits per heavy atom. The highest BCUT2D eigenvalue weighted by molar-refractivity contribution is 5.85. The van der Waals surface area contributed by atoms with Crippen molar-refractivity contribution in [3.8, 4) is 0 Å². The van der Waals surface area contributed by atoms with Crippen LogP contribution in [-0.2, 0) is 0 Å². The number of carboxylic acids is 1. The molecule has 0 aromatic carbocycles. The Morgan fingerprint density at radius 1 is 1.38 bits per heavy atom. The standard InChI is InChI=1S/C11H14N2O3/c14-11(15)9-8(7-3-4-12-5-7)13-10(16-9)6-1-2-6/h6-7,12H,1-5H2,(H,14,15). The SMILES string of the molecule is O=C(O)c1oc(C2CC2)nc1C1CCNC1. The quantitative estimate of drug-likeness (QED) is 0.806. The zero-order chi connectivity index (χ0) is 11.1. The molecule has 1 atom stereocenters. The third kappa shape index (κ3) is 1.61. The normalized spacial score (nSPS) is 24.9. The lowest BCUT2D eigenvalue weighted by Crippen LogP contribution is -2.10. The van der Waals surface area contributed by atoms with Crippen molar-refractivity contribution in [3.63, 3.8) is 0 Å². The van der Waals surface area contributed by atoms with Gasteiger partial charge < -0.3 is 14.8 Å². The molecular weight excluding hydrogens is 208 g/mol. The molecule has 1 saturated carbocycles. The molecule has 1 aromatic heterocycles. The van der Waals surface area contributed by atoms with E-state index in [-0.39, 0.29) is 11.7 Å². The Bertz CT molecular complexity index is 417. The van der Waals surface area contributed by atoms with Crippen LogP contribution in [0.5, 0.6) is 0 Å². The van der Waals surface area contributed by atoms with Crippen LogP contribution in [0.25, 0.3) is 0 Å². The first kappa shape index (κ1) is 9.84.